The van der Waals surface area contributed by atoms with Gasteiger partial charge in [0.05, 0.1) is 70.5 Å². The van der Waals surface area contributed by atoms with Gasteiger partial charge in [0.15, 0.2) is 31.5 Å². The van der Waals surface area contributed by atoms with E-state index in [-0.39, 0.29) is 12.3 Å². The molecular weight excluding hydrogens is 1660 g/mol. The van der Waals surface area contributed by atoms with Gasteiger partial charge < -0.3 is 175 Å². The van der Waals surface area contributed by atoms with Crippen LogP contribution in [0.5, 0.6) is 0 Å². The minimum absolute atomic E-state index is 0.163. The molecule has 0 aromatic rings. The van der Waals surface area contributed by atoms with Gasteiger partial charge in [-0.2, -0.15) is 0 Å². The lowest BCUT2D eigenvalue weighted by atomic mass is 9.88. The monoisotopic (exact) mass is 1820 g/mol. The fourth-order valence-electron chi connectivity index (χ4n) is 17.2. The third-order valence-corrected chi connectivity index (χ3v) is 24.7. The zero-order valence-electron chi connectivity index (χ0n) is 74.2. The van der Waals surface area contributed by atoms with Gasteiger partial charge in [0.2, 0.25) is 17.7 Å². The number of hydrogen-bond acceptors (Lipinski definition) is 35. The molecule has 6 saturated heterocycles. The Hall–Kier alpha value is -3.62. The van der Waals surface area contributed by atoms with Crippen molar-refractivity contribution in [1.29, 1.82) is 0 Å². The molecular formula is C87H157N3O36. The van der Waals surface area contributed by atoms with Crippen molar-refractivity contribution < 1.29 is 178 Å². The maximum atomic E-state index is 13.6. The molecule has 39 heteroatoms. The Morgan fingerprint density at radius 1 is 0.413 bits per heavy atom. The minimum atomic E-state index is -3.23. The second-order valence-electron chi connectivity index (χ2n) is 34.9. The molecule has 0 aromatic heterocycles. The summed E-state index contributed by atoms with van der Waals surface area (Å²) in [5.41, 5.74) is 0. The fourth-order valence-corrected chi connectivity index (χ4v) is 17.2. The summed E-state index contributed by atoms with van der Waals surface area (Å²) >= 11 is 0. The average molecular weight is 1820 g/mol. The molecule has 3 amide bonds. The van der Waals surface area contributed by atoms with Crippen molar-refractivity contribution in [2.75, 3.05) is 46.2 Å². The molecule has 0 bridgehead atoms. The van der Waals surface area contributed by atoms with Gasteiger partial charge in [0.25, 0.3) is 5.79 Å². The van der Waals surface area contributed by atoms with Crippen molar-refractivity contribution in [2.24, 2.45) is 0 Å². The molecule has 6 aliphatic rings. The van der Waals surface area contributed by atoms with E-state index in [4.69, 9.17) is 56.8 Å². The Kier molecular flexibility index (Phi) is 52.8. The van der Waals surface area contributed by atoms with Gasteiger partial charge in [-0.05, 0) is 19.3 Å². The Morgan fingerprint density at radius 3 is 1.17 bits per heavy atom. The zero-order chi connectivity index (χ0) is 92.4. The van der Waals surface area contributed by atoms with Gasteiger partial charge in [0, 0.05) is 26.7 Å². The summed E-state index contributed by atoms with van der Waals surface area (Å²) in [5.74, 6) is -7.43. The number of hydrogen-bond donors (Lipinski definition) is 23. The first-order valence-electron chi connectivity index (χ1n) is 46.6. The van der Waals surface area contributed by atoms with E-state index in [1.165, 1.54) is 161 Å². The number of carboxylic acids is 1. The van der Waals surface area contributed by atoms with E-state index in [9.17, 15) is 121 Å². The molecule has 6 rings (SSSR count). The van der Waals surface area contributed by atoms with Crippen molar-refractivity contribution in [2.45, 2.75) is 467 Å². The van der Waals surface area contributed by atoms with Gasteiger partial charge >= 0.3 is 5.97 Å². The Bertz CT molecular complexity index is 2980. The predicted octanol–water partition coefficient (Wildman–Crippen LogP) is -0.0974. The van der Waals surface area contributed by atoms with Crippen LogP contribution in [0, 0.1) is 0 Å². The molecule has 0 saturated carbocycles. The normalized spacial score (nSPS) is 34.9. The Labute approximate surface area is 740 Å². The van der Waals surface area contributed by atoms with Crippen LogP contribution in [-0.2, 0) is 76.0 Å². The highest BCUT2D eigenvalue weighted by Crippen LogP contribution is 2.41. The number of unbranched alkanes of at least 4 members (excludes halogenated alkanes) is 33. The van der Waals surface area contributed by atoms with Gasteiger partial charge in [-0.1, -0.05) is 231 Å². The number of carbonyl (C=O) groups excluding carboxylic acids is 3. The number of rotatable bonds is 63. The summed E-state index contributed by atoms with van der Waals surface area (Å²) in [6.45, 7) is -0.594. The van der Waals surface area contributed by atoms with Crippen LogP contribution in [0.3, 0.4) is 0 Å². The number of aliphatic hydroxyl groups is 19. The van der Waals surface area contributed by atoms with E-state index < -0.39 is 272 Å². The summed E-state index contributed by atoms with van der Waals surface area (Å²) in [6, 6.07) is -4.67. The van der Waals surface area contributed by atoms with Gasteiger partial charge in [-0.3, -0.25) is 14.4 Å². The molecule has 736 valence electrons. The van der Waals surface area contributed by atoms with Crippen LogP contribution in [0.1, 0.15) is 265 Å². The third-order valence-electron chi connectivity index (χ3n) is 24.7. The van der Waals surface area contributed by atoms with E-state index in [1.807, 2.05) is 6.08 Å². The highest BCUT2D eigenvalue weighted by atomic mass is 16.8. The number of carbonyl (C=O) groups is 4. The molecule has 23 N–H and O–H groups in total. The molecule has 33 atom stereocenters. The molecule has 0 aliphatic carbocycles. The number of nitrogens with one attached hydrogen (secondary N) is 3. The molecule has 0 spiro atoms. The highest BCUT2D eigenvalue weighted by Gasteiger charge is 2.62. The second-order valence-corrected chi connectivity index (χ2v) is 34.9. The van der Waals surface area contributed by atoms with Crippen LogP contribution in [0.15, 0.2) is 12.2 Å². The van der Waals surface area contributed by atoms with Crippen LogP contribution in [0.2, 0.25) is 0 Å². The lowest BCUT2D eigenvalue weighted by Crippen LogP contribution is -2.71. The molecule has 12 unspecified atom stereocenters. The van der Waals surface area contributed by atoms with Crippen molar-refractivity contribution >= 4 is 23.7 Å². The van der Waals surface area contributed by atoms with Gasteiger partial charge in [-0.15, -0.1) is 0 Å². The fraction of sp³-hybridized carbons (Fsp3) is 0.931. The van der Waals surface area contributed by atoms with Crippen molar-refractivity contribution in [3.63, 3.8) is 0 Å². The standard InChI is InChI=1S/C87H157N3O36/c1-5-7-9-11-13-15-17-19-20-21-22-23-24-25-26-27-28-30-32-34-36-38-40-42-62(102)90-53(54(99)41-39-37-35-33-31-29-18-16-14-12-10-8-6-2)50-115-82-71(109)70(108)76(61(49-96)120-82)122-84-72(110)78(66(104)57(45-92)117-84)123-81-64(89-52(4)98)69(107)75(60(48-95)119-81)121-83-73(111)79(67(105)58(46-93)116-83)124-85-74(112)80(68(106)59(47-94)118-85)126-87(86(113)114)43-55(100)63(88-51(3)97)77(125-87)65(103)56(101)44-91/h39,41,53-61,63-85,91-96,99-101,103-112H,5-38,40,42-50H2,1-4H3,(H,88,97)(H,89,98)(H,90,102)(H,113,114)/b41-39+/t53-,54+,55?,56+,57?,58?,59?,60?,61?,63+,64?,65+,66-,67-,68-,69+,70+,71?,72?,73?,74?,75+,76+,77?,78-,79-,80-,81-,82+,83-,84-,85-,87-/m0/s1. The first kappa shape index (κ1) is 111. The quantitative estimate of drug-likeness (QED) is 0.0279. The predicted molar refractivity (Wildman–Crippen MR) is 448 cm³/mol. The molecule has 6 aliphatic heterocycles. The summed E-state index contributed by atoms with van der Waals surface area (Å²) in [7, 11) is 0. The van der Waals surface area contributed by atoms with Crippen LogP contribution in [0.25, 0.3) is 0 Å². The van der Waals surface area contributed by atoms with Gasteiger partial charge in [-0.25, -0.2) is 4.79 Å². The first-order valence-corrected chi connectivity index (χ1v) is 46.6. The average Bonchev–Trinajstić information content (AvgIpc) is 0.753. The van der Waals surface area contributed by atoms with E-state index in [1.54, 1.807) is 6.08 Å². The maximum absolute atomic E-state index is 13.6. The zero-order valence-corrected chi connectivity index (χ0v) is 74.2. The van der Waals surface area contributed by atoms with Crippen molar-refractivity contribution in [3.05, 3.63) is 12.2 Å². The number of amides is 3. The van der Waals surface area contributed by atoms with Crippen molar-refractivity contribution in [3.8, 4) is 0 Å². The summed E-state index contributed by atoms with van der Waals surface area (Å²) in [4.78, 5) is 52.0. The number of aliphatic hydroxyl groups excluding tert-OH is 19. The Balaban J connectivity index is 1.07. The minimum Gasteiger partial charge on any atom is -0.477 e. The van der Waals surface area contributed by atoms with Gasteiger partial charge in [0.1, 0.15) is 140 Å². The van der Waals surface area contributed by atoms with Crippen LogP contribution in [0.4, 0.5) is 0 Å². The smallest absolute Gasteiger partial charge is 0.364 e. The molecule has 39 nitrogen and oxygen atoms in total. The second kappa shape index (κ2) is 59.9. The highest BCUT2D eigenvalue weighted by molar-refractivity contribution is 5.77. The topological polar surface area (TPSA) is 620 Å². The summed E-state index contributed by atoms with van der Waals surface area (Å²) in [5, 5.41) is 231. The molecule has 0 aromatic carbocycles. The number of aliphatic carboxylic acids is 1. The molecule has 0 radical (unpaired) electrons. The maximum Gasteiger partial charge on any atom is 0.364 e. The third kappa shape index (κ3) is 34.7. The van der Waals surface area contributed by atoms with Crippen LogP contribution < -0.4 is 16.0 Å². The Morgan fingerprint density at radius 2 is 0.770 bits per heavy atom. The van der Waals surface area contributed by atoms with E-state index in [0.29, 0.717) is 12.8 Å². The lowest BCUT2D eigenvalue weighted by molar-refractivity contribution is -0.395. The largest absolute Gasteiger partial charge is 0.477 e. The number of allylic oxidation sites excluding steroid dienone is 1. The van der Waals surface area contributed by atoms with Crippen LogP contribution in [-0.4, -0.2) is 374 Å². The number of carboxylic acid groups (broad SMARTS) is 1. The molecule has 6 heterocycles. The van der Waals surface area contributed by atoms with E-state index in [0.717, 1.165) is 65.2 Å². The molecule has 126 heavy (non-hydrogen) atoms. The van der Waals surface area contributed by atoms with Crippen molar-refractivity contribution in [1.82, 2.24) is 16.0 Å². The molecule has 6 fully saturated rings. The van der Waals surface area contributed by atoms with E-state index >= 15 is 0 Å². The first-order chi connectivity index (χ1) is 60.5. The summed E-state index contributed by atoms with van der Waals surface area (Å²) < 4.78 is 70.6. The SMILES string of the molecule is CCCCCCCCCCCCC/C=C/[C@@H](O)[C@H](CO[C@@H]1OC(CO)[C@@H](O[C@@H]2OC(CO)[C@H](O)[C@H](O[C@@H]3OC(CO)[C@@H](O[C@@H]4OC(CO)[C@H](O)[C@H](O[C@@H]5OC(CO)[C@H](O)[C@H](O[C@]6(C(=O)O)CC(O)[C@@H](NC(C)=O)C([C@H](O)[C@H](O)CO)O6)C5O)C4O)[C@H](O)C3NC(C)=O)C2O)[C@H](O)C1O)NC(=O)CCCCCCCCCCCCCCCCCCCCCCCCC. The van der Waals surface area contributed by atoms with Crippen LogP contribution >= 0.6 is 0 Å². The number of ether oxygens (including phenoxy) is 12. The summed E-state index contributed by atoms with van der Waals surface area (Å²) in [6.07, 6.45) is -15.2. The van der Waals surface area contributed by atoms with E-state index in [2.05, 4.69) is 29.8 Å². The lowest BCUT2D eigenvalue weighted by Gasteiger charge is -2.51.